The minimum Gasteiger partial charge on any atom is -0.357 e. The summed E-state index contributed by atoms with van der Waals surface area (Å²) in [5, 5.41) is 0. The summed E-state index contributed by atoms with van der Waals surface area (Å²) >= 11 is 0. The Morgan fingerprint density at radius 3 is 2.11 bits per heavy atom. The molecular formula is C31H30N2O2S. The van der Waals surface area contributed by atoms with Crippen LogP contribution in [0.5, 0.6) is 0 Å². The second-order valence-electron chi connectivity index (χ2n) is 10.1. The Hall–Kier alpha value is -3.41. The molecule has 4 aromatic carbocycles. The molecule has 0 saturated carbocycles. The monoisotopic (exact) mass is 494 g/mol. The largest absolute Gasteiger partial charge is 0.357 e. The zero-order chi connectivity index (χ0) is 24.9. The summed E-state index contributed by atoms with van der Waals surface area (Å²) in [5.74, 6) is -0.00442. The van der Waals surface area contributed by atoms with Gasteiger partial charge in [-0.1, -0.05) is 96.6 Å². The van der Waals surface area contributed by atoms with Gasteiger partial charge < -0.3 is 4.90 Å². The van der Waals surface area contributed by atoms with Gasteiger partial charge in [-0.3, -0.25) is 0 Å². The summed E-state index contributed by atoms with van der Waals surface area (Å²) in [5.41, 5.74) is 5.31. The van der Waals surface area contributed by atoms with Crippen LogP contribution in [0.4, 0.5) is 5.69 Å². The van der Waals surface area contributed by atoms with Crippen molar-refractivity contribution >= 4 is 15.7 Å². The summed E-state index contributed by atoms with van der Waals surface area (Å²) in [6, 6.07) is 36.6. The van der Waals surface area contributed by atoms with Gasteiger partial charge in [0.2, 0.25) is 10.0 Å². The number of fused-ring (bicyclic) bond motifs is 3. The second-order valence-corrected chi connectivity index (χ2v) is 11.9. The smallest absolute Gasteiger partial charge is 0.244 e. The SMILES string of the molecule is Cc1ccc(S(=O)(=O)N2C[C@@H](c3ccccc3)[C@@]3(Cc4ccccc4)c4ccccc4N(C)[C@@H]23)cc1. The van der Waals surface area contributed by atoms with E-state index in [1.54, 1.807) is 16.4 Å². The van der Waals surface area contributed by atoms with Crippen LogP contribution in [-0.2, 0) is 21.9 Å². The highest BCUT2D eigenvalue weighted by atomic mass is 32.2. The molecule has 0 bridgehead atoms. The molecule has 0 radical (unpaired) electrons. The minimum absolute atomic E-state index is 0.00442. The molecule has 2 aliphatic rings. The van der Waals surface area contributed by atoms with Gasteiger partial charge in [0.05, 0.1) is 4.90 Å². The fraction of sp³-hybridized carbons (Fsp3) is 0.226. The van der Waals surface area contributed by atoms with Gasteiger partial charge in [-0.15, -0.1) is 0 Å². The highest BCUT2D eigenvalue weighted by molar-refractivity contribution is 7.89. The lowest BCUT2D eigenvalue weighted by molar-refractivity contribution is 0.302. The zero-order valence-electron chi connectivity index (χ0n) is 20.6. The molecular weight excluding hydrogens is 464 g/mol. The molecule has 182 valence electrons. The first-order valence-electron chi connectivity index (χ1n) is 12.4. The Kier molecular flexibility index (Phi) is 5.51. The van der Waals surface area contributed by atoms with Crippen LogP contribution in [0.2, 0.25) is 0 Å². The fourth-order valence-electron chi connectivity index (χ4n) is 6.46. The summed E-state index contributed by atoms with van der Waals surface area (Å²) in [7, 11) is -1.70. The van der Waals surface area contributed by atoms with Crippen molar-refractivity contribution in [3.05, 3.63) is 131 Å². The van der Waals surface area contributed by atoms with Gasteiger partial charge in [0.25, 0.3) is 0 Å². The van der Waals surface area contributed by atoms with E-state index in [9.17, 15) is 8.42 Å². The van der Waals surface area contributed by atoms with Crippen molar-refractivity contribution in [1.29, 1.82) is 0 Å². The van der Waals surface area contributed by atoms with Crippen LogP contribution in [0, 0.1) is 6.92 Å². The Labute approximate surface area is 213 Å². The number of hydrogen-bond donors (Lipinski definition) is 0. The number of likely N-dealkylation sites (N-methyl/N-ethyl adjacent to an activating group) is 1. The van der Waals surface area contributed by atoms with E-state index in [-0.39, 0.29) is 12.1 Å². The Morgan fingerprint density at radius 2 is 1.42 bits per heavy atom. The lowest BCUT2D eigenvalue weighted by Gasteiger charge is -2.38. The molecule has 36 heavy (non-hydrogen) atoms. The van der Waals surface area contributed by atoms with E-state index in [1.165, 1.54) is 16.7 Å². The Bertz CT molecular complexity index is 1490. The van der Waals surface area contributed by atoms with Crippen LogP contribution in [0.15, 0.2) is 114 Å². The molecule has 0 aromatic heterocycles. The van der Waals surface area contributed by atoms with Gasteiger partial charge in [-0.2, -0.15) is 4.31 Å². The second kappa shape index (κ2) is 8.61. The standard InChI is InChI=1S/C31H30N2O2S/c1-23-17-19-26(20-18-23)36(34,35)33-22-28(25-13-7-4-8-14-25)31(21-24-11-5-3-6-12-24)27-15-9-10-16-29(27)32(2)30(31)33/h3-20,28,30H,21-22H2,1-2H3/t28-,30-,31+/m0/s1. The maximum atomic E-state index is 14.3. The van der Waals surface area contributed by atoms with Crippen molar-refractivity contribution in [3.63, 3.8) is 0 Å². The minimum atomic E-state index is -3.74. The third kappa shape index (κ3) is 3.41. The predicted molar refractivity (Wildman–Crippen MR) is 145 cm³/mol. The van der Waals surface area contributed by atoms with E-state index < -0.39 is 15.4 Å². The van der Waals surface area contributed by atoms with E-state index in [1.807, 2.05) is 44.3 Å². The van der Waals surface area contributed by atoms with Crippen molar-refractivity contribution < 1.29 is 8.42 Å². The van der Waals surface area contributed by atoms with Gasteiger partial charge in [0.15, 0.2) is 0 Å². The highest BCUT2D eigenvalue weighted by Crippen LogP contribution is 2.59. The number of para-hydroxylation sites is 1. The lowest BCUT2D eigenvalue weighted by atomic mass is 9.66. The average molecular weight is 495 g/mol. The van der Waals surface area contributed by atoms with Crippen molar-refractivity contribution in [2.24, 2.45) is 0 Å². The molecule has 6 rings (SSSR count). The van der Waals surface area contributed by atoms with E-state index in [0.717, 1.165) is 17.7 Å². The van der Waals surface area contributed by atoms with Gasteiger partial charge in [-0.05, 0) is 48.2 Å². The summed E-state index contributed by atoms with van der Waals surface area (Å²) in [6.45, 7) is 2.40. The molecule has 0 spiro atoms. The first-order valence-corrected chi connectivity index (χ1v) is 13.9. The van der Waals surface area contributed by atoms with Crippen LogP contribution in [-0.4, -0.2) is 32.5 Å². The number of hydrogen-bond acceptors (Lipinski definition) is 3. The molecule has 0 N–H and O–H groups in total. The van der Waals surface area contributed by atoms with Gasteiger partial charge in [0.1, 0.15) is 6.17 Å². The topological polar surface area (TPSA) is 40.6 Å². The number of nitrogens with zero attached hydrogens (tertiary/aromatic N) is 2. The van der Waals surface area contributed by atoms with Crippen LogP contribution >= 0.6 is 0 Å². The molecule has 4 aromatic rings. The third-order valence-electron chi connectivity index (χ3n) is 8.04. The lowest BCUT2D eigenvalue weighted by Crippen LogP contribution is -2.51. The van der Waals surface area contributed by atoms with Crippen molar-refractivity contribution in [2.45, 2.75) is 35.7 Å². The van der Waals surface area contributed by atoms with Crippen LogP contribution in [0.1, 0.15) is 28.2 Å². The number of anilines is 1. The summed E-state index contributed by atoms with van der Waals surface area (Å²) < 4.78 is 30.3. The summed E-state index contributed by atoms with van der Waals surface area (Å²) in [4.78, 5) is 2.53. The van der Waals surface area contributed by atoms with Gasteiger partial charge in [-0.25, -0.2) is 8.42 Å². The molecule has 5 heteroatoms. The maximum Gasteiger partial charge on any atom is 0.244 e. The molecule has 4 nitrogen and oxygen atoms in total. The van der Waals surface area contributed by atoms with Crippen molar-refractivity contribution in [1.82, 2.24) is 4.31 Å². The predicted octanol–water partition coefficient (Wildman–Crippen LogP) is 5.74. The van der Waals surface area contributed by atoms with Crippen molar-refractivity contribution in [3.8, 4) is 0 Å². The zero-order valence-corrected chi connectivity index (χ0v) is 21.4. The van der Waals surface area contributed by atoms with Crippen LogP contribution in [0.3, 0.4) is 0 Å². The molecule has 1 fully saturated rings. The molecule has 2 aliphatic heterocycles. The average Bonchev–Trinajstić information content (AvgIpc) is 3.37. The number of aryl methyl sites for hydroxylation is 1. The molecule has 0 aliphatic carbocycles. The van der Waals surface area contributed by atoms with Gasteiger partial charge in [0, 0.05) is 30.6 Å². The number of sulfonamides is 1. The van der Waals surface area contributed by atoms with Gasteiger partial charge >= 0.3 is 0 Å². The highest BCUT2D eigenvalue weighted by Gasteiger charge is 2.64. The van der Waals surface area contributed by atoms with Crippen LogP contribution < -0.4 is 4.90 Å². The normalized spacial score (nSPS) is 23.4. The van der Waals surface area contributed by atoms with E-state index in [4.69, 9.17) is 0 Å². The first-order chi connectivity index (χ1) is 17.4. The van der Waals surface area contributed by atoms with Crippen molar-refractivity contribution in [2.75, 3.05) is 18.5 Å². The molecule has 0 unspecified atom stereocenters. The maximum absolute atomic E-state index is 14.3. The Morgan fingerprint density at radius 1 is 0.806 bits per heavy atom. The number of benzene rings is 4. The third-order valence-corrected chi connectivity index (χ3v) is 9.87. The summed E-state index contributed by atoms with van der Waals surface area (Å²) in [6.07, 6.45) is 0.408. The number of rotatable bonds is 5. The molecule has 2 heterocycles. The van der Waals surface area contributed by atoms with E-state index >= 15 is 0 Å². The van der Waals surface area contributed by atoms with E-state index in [0.29, 0.717) is 11.4 Å². The fourth-order valence-corrected chi connectivity index (χ4v) is 8.15. The first kappa shape index (κ1) is 23.0. The Balaban J connectivity index is 1.60. The molecule has 3 atom stereocenters. The van der Waals surface area contributed by atoms with Crippen LogP contribution in [0.25, 0.3) is 0 Å². The molecule has 1 saturated heterocycles. The van der Waals surface area contributed by atoms with E-state index in [2.05, 4.69) is 71.6 Å². The quantitative estimate of drug-likeness (QED) is 0.355. The molecule has 0 amide bonds.